The molecule has 0 fully saturated rings. The van der Waals surface area contributed by atoms with Crippen molar-refractivity contribution in [3.05, 3.63) is 41.2 Å². The number of halogens is 1. The average molecular weight is 208 g/mol. The number of aromatic nitrogens is 3. The number of carbonyl (C=O) groups excluding carboxylic acids is 1. The number of carbonyl (C=O) groups is 1. The minimum absolute atomic E-state index is 0.296. The summed E-state index contributed by atoms with van der Waals surface area (Å²) >= 11 is 5.80. The Labute approximate surface area is 85.1 Å². The second kappa shape index (κ2) is 3.59. The van der Waals surface area contributed by atoms with Crippen LogP contribution in [0.15, 0.2) is 30.5 Å². The molecular formula is C9H6ClN3O. The van der Waals surface area contributed by atoms with E-state index in [1.807, 2.05) is 0 Å². The lowest BCUT2D eigenvalue weighted by atomic mass is 10.3. The van der Waals surface area contributed by atoms with E-state index in [0.717, 1.165) is 5.69 Å². The molecule has 70 valence electrons. The van der Waals surface area contributed by atoms with E-state index >= 15 is 0 Å². The third-order valence-corrected chi connectivity index (χ3v) is 1.90. The summed E-state index contributed by atoms with van der Waals surface area (Å²) in [7, 11) is 0. The van der Waals surface area contributed by atoms with E-state index < -0.39 is 0 Å². The van der Waals surface area contributed by atoms with Gasteiger partial charge in [-0.15, -0.1) is 5.10 Å². The summed E-state index contributed by atoms with van der Waals surface area (Å²) in [6, 6.07) is 7.08. The summed E-state index contributed by atoms with van der Waals surface area (Å²) in [5, 5.41) is 8.44. The molecule has 1 aromatic carbocycles. The summed E-state index contributed by atoms with van der Waals surface area (Å²) in [6.07, 6.45) is 2.04. The number of nitrogens with zero attached hydrogens (tertiary/aromatic N) is 3. The molecule has 5 heteroatoms. The predicted molar refractivity (Wildman–Crippen MR) is 51.8 cm³/mol. The Kier molecular flexibility index (Phi) is 2.28. The van der Waals surface area contributed by atoms with Crippen LogP contribution in [-0.2, 0) is 0 Å². The number of aldehydes is 1. The molecular weight excluding hydrogens is 202 g/mol. The predicted octanol–water partition coefficient (Wildman–Crippen LogP) is 1.73. The minimum Gasteiger partial charge on any atom is -0.296 e. The van der Waals surface area contributed by atoms with Crippen LogP contribution in [0.1, 0.15) is 10.5 Å². The standard InChI is InChI=1S/C9H6ClN3O/c10-7-2-1-3-9(4-7)13-11-5-8(6-14)12-13/h1-6H. The zero-order valence-corrected chi connectivity index (χ0v) is 7.85. The highest BCUT2D eigenvalue weighted by molar-refractivity contribution is 6.30. The molecule has 0 atom stereocenters. The van der Waals surface area contributed by atoms with Gasteiger partial charge in [-0.1, -0.05) is 17.7 Å². The van der Waals surface area contributed by atoms with Gasteiger partial charge in [0.25, 0.3) is 0 Å². The van der Waals surface area contributed by atoms with E-state index in [-0.39, 0.29) is 0 Å². The minimum atomic E-state index is 0.296. The van der Waals surface area contributed by atoms with Crippen LogP contribution in [0, 0.1) is 0 Å². The fourth-order valence-electron chi connectivity index (χ4n) is 1.05. The van der Waals surface area contributed by atoms with E-state index in [1.54, 1.807) is 24.3 Å². The molecule has 0 radical (unpaired) electrons. The first-order chi connectivity index (χ1) is 6.79. The van der Waals surface area contributed by atoms with Crippen LogP contribution in [0.2, 0.25) is 5.02 Å². The van der Waals surface area contributed by atoms with E-state index in [4.69, 9.17) is 11.6 Å². The lowest BCUT2D eigenvalue weighted by Crippen LogP contribution is -1.98. The number of hydrogen-bond donors (Lipinski definition) is 0. The molecule has 0 spiro atoms. The van der Waals surface area contributed by atoms with Crippen LogP contribution in [0.4, 0.5) is 0 Å². The highest BCUT2D eigenvalue weighted by Gasteiger charge is 2.01. The molecule has 1 aromatic heterocycles. The Hall–Kier alpha value is -1.68. The van der Waals surface area contributed by atoms with Crippen LogP contribution in [0.5, 0.6) is 0 Å². The fourth-order valence-corrected chi connectivity index (χ4v) is 1.24. The van der Waals surface area contributed by atoms with Gasteiger partial charge in [0.15, 0.2) is 6.29 Å². The molecule has 0 amide bonds. The second-order valence-electron chi connectivity index (χ2n) is 2.66. The first kappa shape index (κ1) is 8.90. The SMILES string of the molecule is O=Cc1cnn(-c2cccc(Cl)c2)n1. The highest BCUT2D eigenvalue weighted by Crippen LogP contribution is 2.12. The summed E-state index contributed by atoms with van der Waals surface area (Å²) in [5.41, 5.74) is 1.02. The Morgan fingerprint density at radius 2 is 2.29 bits per heavy atom. The van der Waals surface area contributed by atoms with Crippen molar-refractivity contribution >= 4 is 17.9 Å². The summed E-state index contributed by atoms with van der Waals surface area (Å²) < 4.78 is 0. The molecule has 0 bridgehead atoms. The van der Waals surface area contributed by atoms with Crippen molar-refractivity contribution < 1.29 is 4.79 Å². The van der Waals surface area contributed by atoms with Crippen molar-refractivity contribution in [1.29, 1.82) is 0 Å². The van der Waals surface area contributed by atoms with Gasteiger partial charge in [-0.25, -0.2) is 0 Å². The van der Waals surface area contributed by atoms with Gasteiger partial charge < -0.3 is 0 Å². The van der Waals surface area contributed by atoms with E-state index in [1.165, 1.54) is 11.0 Å². The highest BCUT2D eigenvalue weighted by atomic mass is 35.5. The smallest absolute Gasteiger partial charge is 0.171 e. The first-order valence-electron chi connectivity index (χ1n) is 3.93. The Bertz CT molecular complexity index is 467. The van der Waals surface area contributed by atoms with Crippen molar-refractivity contribution in [2.75, 3.05) is 0 Å². The molecule has 0 N–H and O–H groups in total. The maximum Gasteiger partial charge on any atom is 0.171 e. The van der Waals surface area contributed by atoms with Crippen LogP contribution in [0.25, 0.3) is 5.69 Å². The van der Waals surface area contributed by atoms with Crippen LogP contribution < -0.4 is 0 Å². The van der Waals surface area contributed by atoms with Crippen molar-refractivity contribution in [3.8, 4) is 5.69 Å². The Balaban J connectivity index is 2.43. The molecule has 0 aliphatic heterocycles. The molecule has 0 aliphatic rings. The second-order valence-corrected chi connectivity index (χ2v) is 3.09. The van der Waals surface area contributed by atoms with Gasteiger partial charge in [-0.2, -0.15) is 9.90 Å². The van der Waals surface area contributed by atoms with Crippen LogP contribution in [0.3, 0.4) is 0 Å². The lowest BCUT2D eigenvalue weighted by molar-refractivity contribution is 0.111. The van der Waals surface area contributed by atoms with Gasteiger partial charge in [0.05, 0.1) is 11.9 Å². The quantitative estimate of drug-likeness (QED) is 0.705. The monoisotopic (exact) mass is 207 g/mol. The van der Waals surface area contributed by atoms with E-state index in [0.29, 0.717) is 17.0 Å². The fraction of sp³-hybridized carbons (Fsp3) is 0. The van der Waals surface area contributed by atoms with Crippen molar-refractivity contribution in [2.24, 2.45) is 0 Å². The van der Waals surface area contributed by atoms with Gasteiger partial charge in [0, 0.05) is 5.02 Å². The topological polar surface area (TPSA) is 47.8 Å². The molecule has 0 saturated carbocycles. The third-order valence-electron chi connectivity index (χ3n) is 1.67. The number of hydrogen-bond acceptors (Lipinski definition) is 3. The summed E-state index contributed by atoms with van der Waals surface area (Å²) in [5.74, 6) is 0. The molecule has 2 aromatic rings. The van der Waals surface area contributed by atoms with E-state index in [2.05, 4.69) is 10.2 Å². The molecule has 4 nitrogen and oxygen atoms in total. The summed E-state index contributed by atoms with van der Waals surface area (Å²) in [6.45, 7) is 0. The Morgan fingerprint density at radius 3 is 2.93 bits per heavy atom. The maximum absolute atomic E-state index is 10.4. The first-order valence-corrected chi connectivity index (χ1v) is 4.31. The third kappa shape index (κ3) is 1.65. The van der Waals surface area contributed by atoms with Crippen molar-refractivity contribution in [2.45, 2.75) is 0 Å². The van der Waals surface area contributed by atoms with Crippen molar-refractivity contribution in [3.63, 3.8) is 0 Å². The zero-order valence-electron chi connectivity index (χ0n) is 7.09. The van der Waals surface area contributed by atoms with Gasteiger partial charge >= 0.3 is 0 Å². The molecule has 2 rings (SSSR count). The van der Waals surface area contributed by atoms with Gasteiger partial charge in [0.1, 0.15) is 5.69 Å². The van der Waals surface area contributed by atoms with Gasteiger partial charge in [0.2, 0.25) is 0 Å². The molecule has 0 saturated heterocycles. The van der Waals surface area contributed by atoms with Gasteiger partial charge in [-0.05, 0) is 18.2 Å². The summed E-state index contributed by atoms with van der Waals surface area (Å²) in [4.78, 5) is 11.7. The van der Waals surface area contributed by atoms with E-state index in [9.17, 15) is 4.79 Å². The van der Waals surface area contributed by atoms with Gasteiger partial charge in [-0.3, -0.25) is 4.79 Å². The maximum atomic E-state index is 10.4. The van der Waals surface area contributed by atoms with Crippen LogP contribution in [-0.4, -0.2) is 21.3 Å². The lowest BCUT2D eigenvalue weighted by Gasteiger charge is -1.98. The zero-order chi connectivity index (χ0) is 9.97. The Morgan fingerprint density at radius 1 is 1.43 bits per heavy atom. The molecule has 0 aliphatic carbocycles. The molecule has 0 unspecified atom stereocenters. The average Bonchev–Trinajstić information content (AvgIpc) is 2.66. The number of rotatable bonds is 2. The normalized spacial score (nSPS) is 10.1. The van der Waals surface area contributed by atoms with Crippen molar-refractivity contribution in [1.82, 2.24) is 15.0 Å². The molecule has 14 heavy (non-hydrogen) atoms. The number of benzene rings is 1. The molecule has 1 heterocycles. The largest absolute Gasteiger partial charge is 0.296 e. The van der Waals surface area contributed by atoms with Crippen LogP contribution >= 0.6 is 11.6 Å².